The summed E-state index contributed by atoms with van der Waals surface area (Å²) in [4.78, 5) is 7.46. The summed E-state index contributed by atoms with van der Waals surface area (Å²) in [5.74, 6) is 5.78. The molecule has 0 atom stereocenters. The van der Waals surface area contributed by atoms with Gasteiger partial charge in [0.05, 0.1) is 31.1 Å². The predicted molar refractivity (Wildman–Crippen MR) is 82.0 cm³/mol. The molecule has 0 unspecified atom stereocenters. The van der Waals surface area contributed by atoms with Gasteiger partial charge in [-0.25, -0.2) is 0 Å². The molecule has 5 rings (SSSR count). The monoisotopic (exact) mass is 335 g/mol. The maximum atomic E-state index is 5.78. The van der Waals surface area contributed by atoms with E-state index in [-0.39, 0.29) is 5.41 Å². The van der Waals surface area contributed by atoms with Gasteiger partial charge >= 0.3 is 0 Å². The second-order valence-corrected chi connectivity index (χ2v) is 7.09. The Balaban J connectivity index is 1.73. The molecule has 2 N–H and O–H groups in total. The normalized spacial score (nSPS) is 39.2. The van der Waals surface area contributed by atoms with Crippen LogP contribution in [-0.2, 0) is 0 Å². The Morgan fingerprint density at radius 2 is 1.50 bits per heavy atom. The molecule has 0 radical (unpaired) electrons. The number of rotatable bonds is 2. The predicted octanol–water partition coefficient (Wildman–Crippen LogP) is 0.918. The van der Waals surface area contributed by atoms with E-state index in [9.17, 15) is 0 Å². The first-order valence-corrected chi connectivity index (χ1v) is 7.69. The van der Waals surface area contributed by atoms with Gasteiger partial charge in [-0.05, 0) is 17.7 Å². The van der Waals surface area contributed by atoms with Crippen molar-refractivity contribution in [1.29, 1.82) is 0 Å². The van der Waals surface area contributed by atoms with E-state index in [1.165, 1.54) is 0 Å². The highest BCUT2D eigenvalue weighted by atomic mass is 79.9. The Morgan fingerprint density at radius 1 is 1.00 bits per heavy atom. The molecule has 5 nitrogen and oxygen atoms in total. The lowest BCUT2D eigenvalue weighted by molar-refractivity contribution is -0.149. The van der Waals surface area contributed by atoms with Gasteiger partial charge in [-0.2, -0.15) is 5.10 Å². The Bertz CT molecular complexity index is 518. The van der Waals surface area contributed by atoms with Crippen LogP contribution < -0.4 is 5.84 Å². The van der Waals surface area contributed by atoms with Gasteiger partial charge in [0.1, 0.15) is 0 Å². The Kier molecular flexibility index (Phi) is 2.89. The van der Waals surface area contributed by atoms with Crippen LogP contribution in [0.2, 0.25) is 0 Å². The Hall–Kier alpha value is -0.950. The minimum absolute atomic E-state index is 0.0529. The highest BCUT2D eigenvalue weighted by Crippen LogP contribution is 2.38. The van der Waals surface area contributed by atoms with E-state index in [2.05, 4.69) is 60.0 Å². The molecule has 1 aromatic rings. The molecule has 4 aliphatic rings. The summed E-state index contributed by atoms with van der Waals surface area (Å²) in [6, 6.07) is 8.33. The second kappa shape index (κ2) is 4.53. The van der Waals surface area contributed by atoms with E-state index in [1.807, 2.05) is 0 Å². The molecule has 0 aromatic heterocycles. The first kappa shape index (κ1) is 12.8. The molecule has 6 heteroatoms. The third kappa shape index (κ3) is 1.90. The molecule has 4 heterocycles. The second-order valence-electron chi connectivity index (χ2n) is 6.18. The maximum Gasteiger partial charge on any atom is 0.0773 e. The van der Waals surface area contributed by atoms with Crippen molar-refractivity contribution in [2.24, 2.45) is 16.4 Å². The highest BCUT2D eigenvalue weighted by molar-refractivity contribution is 9.10. The van der Waals surface area contributed by atoms with Crippen molar-refractivity contribution in [2.75, 3.05) is 39.6 Å². The number of benzene rings is 1. The highest BCUT2D eigenvalue weighted by Gasteiger charge is 2.51. The smallest absolute Gasteiger partial charge is 0.0773 e. The summed E-state index contributed by atoms with van der Waals surface area (Å²) in [6.07, 6.45) is 0. The van der Waals surface area contributed by atoms with Crippen molar-refractivity contribution in [3.63, 3.8) is 0 Å². The molecule has 4 bridgehead atoms. The van der Waals surface area contributed by atoms with E-state index in [0.717, 1.165) is 55.4 Å². The average Bonchev–Trinajstić information content (AvgIpc) is 2.40. The van der Waals surface area contributed by atoms with Crippen molar-refractivity contribution in [2.45, 2.75) is 0 Å². The zero-order valence-electron chi connectivity index (χ0n) is 11.3. The molecule has 4 saturated heterocycles. The van der Waals surface area contributed by atoms with E-state index in [4.69, 9.17) is 5.84 Å². The van der Waals surface area contributed by atoms with Crippen molar-refractivity contribution in [3.8, 4) is 0 Å². The van der Waals surface area contributed by atoms with Gasteiger partial charge in [-0.1, -0.05) is 28.1 Å². The Labute approximate surface area is 127 Å². The van der Waals surface area contributed by atoms with Crippen LogP contribution in [0.1, 0.15) is 5.56 Å². The van der Waals surface area contributed by atoms with Gasteiger partial charge in [0.15, 0.2) is 0 Å². The topological polar surface area (TPSA) is 48.1 Å². The number of hydrazone groups is 1. The van der Waals surface area contributed by atoms with Gasteiger partial charge in [0.25, 0.3) is 0 Å². The van der Waals surface area contributed by atoms with Gasteiger partial charge in [0, 0.05) is 24.1 Å². The summed E-state index contributed by atoms with van der Waals surface area (Å²) in [7, 11) is 0. The van der Waals surface area contributed by atoms with E-state index in [1.54, 1.807) is 0 Å². The lowest BCUT2D eigenvalue weighted by Crippen LogP contribution is -2.74. The minimum Gasteiger partial charge on any atom is -0.323 e. The van der Waals surface area contributed by atoms with Crippen LogP contribution in [0.25, 0.3) is 0 Å². The maximum absolute atomic E-state index is 5.78. The Morgan fingerprint density at radius 3 is 1.95 bits per heavy atom. The number of hydrogen-bond donors (Lipinski definition) is 1. The summed E-state index contributed by atoms with van der Waals surface area (Å²) < 4.78 is 1.08. The zero-order chi connectivity index (χ0) is 13.7. The fourth-order valence-electron chi connectivity index (χ4n) is 4.07. The lowest BCUT2D eigenvalue weighted by atomic mass is 9.74. The van der Waals surface area contributed by atoms with Crippen LogP contribution in [0, 0.1) is 5.41 Å². The van der Waals surface area contributed by atoms with Crippen molar-refractivity contribution < 1.29 is 0 Å². The van der Waals surface area contributed by atoms with Gasteiger partial charge < -0.3 is 5.84 Å². The minimum atomic E-state index is 0.0529. The van der Waals surface area contributed by atoms with Crippen LogP contribution in [0.3, 0.4) is 0 Å². The lowest BCUT2D eigenvalue weighted by Gasteiger charge is -2.60. The fraction of sp³-hybridized carbons (Fsp3) is 0.500. The molecule has 0 saturated carbocycles. The van der Waals surface area contributed by atoms with Crippen LogP contribution in [0.4, 0.5) is 0 Å². The number of nitrogens with two attached hydrogens (primary N) is 1. The third-order valence-electron chi connectivity index (χ3n) is 4.53. The van der Waals surface area contributed by atoms with E-state index >= 15 is 0 Å². The molecule has 4 aliphatic heterocycles. The SMILES string of the molecule is NN=C(c1ccc(Br)cc1)C12CN3CN(CN(C3)C1)C2. The fourth-order valence-corrected chi connectivity index (χ4v) is 4.33. The van der Waals surface area contributed by atoms with Crippen LogP contribution in [0.15, 0.2) is 33.8 Å². The average molecular weight is 336 g/mol. The molecular weight excluding hydrogens is 318 g/mol. The van der Waals surface area contributed by atoms with Crippen LogP contribution >= 0.6 is 15.9 Å². The molecule has 1 aromatic carbocycles. The molecule has 0 aliphatic carbocycles. The van der Waals surface area contributed by atoms with Crippen molar-refractivity contribution in [1.82, 2.24) is 14.7 Å². The first-order chi connectivity index (χ1) is 9.68. The first-order valence-electron chi connectivity index (χ1n) is 6.90. The third-order valence-corrected chi connectivity index (χ3v) is 5.06. The van der Waals surface area contributed by atoms with E-state index in [0.29, 0.717) is 0 Å². The molecule has 0 amide bonds. The van der Waals surface area contributed by atoms with Crippen molar-refractivity contribution >= 4 is 21.6 Å². The largest absolute Gasteiger partial charge is 0.323 e. The number of nitrogens with zero attached hydrogens (tertiary/aromatic N) is 4. The summed E-state index contributed by atoms with van der Waals surface area (Å²) >= 11 is 3.48. The number of hydrogen-bond acceptors (Lipinski definition) is 5. The summed E-state index contributed by atoms with van der Waals surface area (Å²) in [6.45, 7) is 6.42. The molecule has 4 fully saturated rings. The van der Waals surface area contributed by atoms with E-state index < -0.39 is 0 Å². The van der Waals surface area contributed by atoms with Crippen molar-refractivity contribution in [3.05, 3.63) is 34.3 Å². The number of halogens is 1. The van der Waals surface area contributed by atoms with Crippen LogP contribution in [0.5, 0.6) is 0 Å². The van der Waals surface area contributed by atoms with Gasteiger partial charge in [-0.3, -0.25) is 14.7 Å². The van der Waals surface area contributed by atoms with Crippen LogP contribution in [-0.4, -0.2) is 60.1 Å². The quantitative estimate of drug-likeness (QED) is 0.496. The molecule has 0 spiro atoms. The molecule has 20 heavy (non-hydrogen) atoms. The summed E-state index contributed by atoms with van der Waals surface area (Å²) in [5.41, 5.74) is 2.24. The molecular formula is C14H18BrN5. The molecule has 106 valence electrons. The standard InChI is InChI=1S/C14H18BrN5/c15-12-3-1-11(2-4-12)13(17-16)14-5-18-8-19(6-14)10-20(7-14)9-18/h1-4H,5-10,16H2. The summed E-state index contributed by atoms with van der Waals surface area (Å²) in [5, 5.41) is 4.20. The van der Waals surface area contributed by atoms with Gasteiger partial charge in [0.2, 0.25) is 0 Å². The zero-order valence-corrected chi connectivity index (χ0v) is 12.9. The van der Waals surface area contributed by atoms with Gasteiger partial charge in [-0.15, -0.1) is 0 Å².